The van der Waals surface area contributed by atoms with Crippen molar-refractivity contribution in [1.82, 2.24) is 4.90 Å². The quantitative estimate of drug-likeness (QED) is 0.868. The van der Waals surface area contributed by atoms with Gasteiger partial charge in [0.05, 0.1) is 13.2 Å². The molecule has 2 N–H and O–H groups in total. The lowest BCUT2D eigenvalue weighted by atomic mass is 10.1. The van der Waals surface area contributed by atoms with Crippen LogP contribution in [0.15, 0.2) is 18.2 Å². The fraction of sp³-hybridized carbons (Fsp3) is 0.533. The number of carbonyl (C=O) groups excluding carboxylic acids is 1. The molecule has 0 radical (unpaired) electrons. The van der Waals surface area contributed by atoms with Crippen molar-refractivity contribution in [1.29, 1.82) is 0 Å². The summed E-state index contributed by atoms with van der Waals surface area (Å²) >= 11 is 0. The van der Waals surface area contributed by atoms with Crippen molar-refractivity contribution >= 4 is 11.6 Å². The molecule has 1 amide bonds. The maximum Gasteiger partial charge on any atom is 0.238 e. The second-order valence-corrected chi connectivity index (χ2v) is 5.26. The molecule has 19 heavy (non-hydrogen) atoms. The van der Waals surface area contributed by atoms with E-state index in [-0.39, 0.29) is 18.6 Å². The average molecular weight is 262 g/mol. The largest absolute Gasteiger partial charge is 0.395 e. The average Bonchev–Trinajstić information content (AvgIpc) is 2.81. The molecule has 1 aromatic rings. The van der Waals surface area contributed by atoms with Gasteiger partial charge in [0.25, 0.3) is 0 Å². The maximum atomic E-state index is 12.1. The molecule has 1 fully saturated rings. The predicted octanol–water partition coefficient (Wildman–Crippen LogP) is 1.70. The Morgan fingerprint density at radius 2 is 2.11 bits per heavy atom. The van der Waals surface area contributed by atoms with Gasteiger partial charge in [-0.25, -0.2) is 0 Å². The first-order chi connectivity index (χ1) is 9.11. The number of hydrogen-bond acceptors (Lipinski definition) is 3. The van der Waals surface area contributed by atoms with E-state index in [1.54, 1.807) is 0 Å². The second kappa shape index (κ2) is 6.17. The van der Waals surface area contributed by atoms with E-state index >= 15 is 0 Å². The van der Waals surface area contributed by atoms with Crippen molar-refractivity contribution in [2.75, 3.05) is 25.0 Å². The number of nitrogens with zero attached hydrogens (tertiary/aromatic N) is 1. The molecule has 0 saturated carbocycles. The van der Waals surface area contributed by atoms with Gasteiger partial charge in [-0.3, -0.25) is 9.69 Å². The highest BCUT2D eigenvalue weighted by Gasteiger charge is 2.25. The number of carbonyl (C=O) groups is 1. The number of hydrogen-bond donors (Lipinski definition) is 2. The lowest BCUT2D eigenvalue weighted by molar-refractivity contribution is -0.117. The zero-order chi connectivity index (χ0) is 13.8. The molecule has 1 unspecified atom stereocenters. The Bertz CT molecular complexity index is 439. The van der Waals surface area contributed by atoms with Crippen molar-refractivity contribution in [3.8, 4) is 0 Å². The van der Waals surface area contributed by atoms with Crippen LogP contribution in [0.4, 0.5) is 5.69 Å². The third-order valence-corrected chi connectivity index (χ3v) is 3.80. The normalized spacial score (nSPS) is 19.6. The summed E-state index contributed by atoms with van der Waals surface area (Å²) in [6.45, 7) is 5.38. The molecule has 0 aromatic heterocycles. The minimum absolute atomic E-state index is 0.00208. The van der Waals surface area contributed by atoms with Gasteiger partial charge in [-0.2, -0.15) is 0 Å². The number of anilines is 1. The second-order valence-electron chi connectivity index (χ2n) is 5.26. The fourth-order valence-corrected chi connectivity index (χ4v) is 2.69. The van der Waals surface area contributed by atoms with E-state index in [1.807, 2.05) is 32.0 Å². The van der Waals surface area contributed by atoms with Gasteiger partial charge >= 0.3 is 0 Å². The van der Waals surface area contributed by atoms with E-state index in [9.17, 15) is 9.90 Å². The number of nitrogens with one attached hydrogen (secondary N) is 1. The summed E-state index contributed by atoms with van der Waals surface area (Å²) < 4.78 is 0. The van der Waals surface area contributed by atoms with E-state index in [0.717, 1.165) is 36.2 Å². The molecule has 1 heterocycles. The number of amides is 1. The monoisotopic (exact) mass is 262 g/mol. The number of benzene rings is 1. The smallest absolute Gasteiger partial charge is 0.238 e. The third-order valence-electron chi connectivity index (χ3n) is 3.80. The van der Waals surface area contributed by atoms with Gasteiger partial charge in [0, 0.05) is 11.7 Å². The molecule has 4 heteroatoms. The Morgan fingerprint density at radius 1 is 1.42 bits per heavy atom. The van der Waals surface area contributed by atoms with Gasteiger partial charge in [-0.05, 0) is 44.4 Å². The van der Waals surface area contributed by atoms with Crippen molar-refractivity contribution < 1.29 is 9.90 Å². The first kappa shape index (κ1) is 14.0. The van der Waals surface area contributed by atoms with Gasteiger partial charge in [0.2, 0.25) is 5.91 Å². The van der Waals surface area contributed by atoms with E-state index in [2.05, 4.69) is 10.2 Å². The Morgan fingerprint density at radius 3 is 2.74 bits per heavy atom. The highest BCUT2D eigenvalue weighted by Crippen LogP contribution is 2.20. The van der Waals surface area contributed by atoms with E-state index in [0.29, 0.717) is 6.54 Å². The van der Waals surface area contributed by atoms with Gasteiger partial charge in [0.1, 0.15) is 0 Å². The Kier molecular flexibility index (Phi) is 4.56. The highest BCUT2D eigenvalue weighted by molar-refractivity contribution is 5.93. The highest BCUT2D eigenvalue weighted by atomic mass is 16.3. The van der Waals surface area contributed by atoms with Crippen LogP contribution in [0, 0.1) is 13.8 Å². The zero-order valence-corrected chi connectivity index (χ0v) is 11.6. The number of aliphatic hydroxyl groups is 1. The van der Waals surface area contributed by atoms with Crippen molar-refractivity contribution in [2.24, 2.45) is 0 Å². The molecule has 0 spiro atoms. The molecule has 1 aliphatic heterocycles. The minimum atomic E-state index is -0.00208. The first-order valence-corrected chi connectivity index (χ1v) is 6.83. The van der Waals surface area contributed by atoms with Crippen LogP contribution in [0.1, 0.15) is 24.0 Å². The molecule has 0 bridgehead atoms. The summed E-state index contributed by atoms with van der Waals surface area (Å²) in [5.74, 6) is -0.00208. The summed E-state index contributed by atoms with van der Waals surface area (Å²) in [5.41, 5.74) is 3.06. The van der Waals surface area contributed by atoms with Crippen LogP contribution in [0.3, 0.4) is 0 Å². The van der Waals surface area contributed by atoms with Gasteiger partial charge < -0.3 is 10.4 Å². The standard InChI is InChI=1S/C15H22N2O2/c1-11-5-3-6-12(2)15(11)16-14(19)9-17-8-4-7-13(17)10-18/h3,5-6,13,18H,4,7-10H2,1-2H3,(H,16,19). The maximum absolute atomic E-state index is 12.1. The molecule has 2 rings (SSSR count). The molecule has 1 aromatic carbocycles. The molecular weight excluding hydrogens is 240 g/mol. The predicted molar refractivity (Wildman–Crippen MR) is 76.2 cm³/mol. The first-order valence-electron chi connectivity index (χ1n) is 6.83. The zero-order valence-electron chi connectivity index (χ0n) is 11.6. The van der Waals surface area contributed by atoms with Crippen LogP contribution < -0.4 is 5.32 Å². The minimum Gasteiger partial charge on any atom is -0.395 e. The lowest BCUT2D eigenvalue weighted by Gasteiger charge is -2.22. The fourth-order valence-electron chi connectivity index (χ4n) is 2.69. The molecule has 1 aliphatic rings. The third kappa shape index (κ3) is 3.33. The van der Waals surface area contributed by atoms with Crippen LogP contribution in [0.25, 0.3) is 0 Å². The summed E-state index contributed by atoms with van der Waals surface area (Å²) in [4.78, 5) is 14.2. The van der Waals surface area contributed by atoms with Crippen molar-refractivity contribution in [2.45, 2.75) is 32.7 Å². The molecule has 1 atom stereocenters. The SMILES string of the molecule is Cc1cccc(C)c1NC(=O)CN1CCCC1CO. The van der Waals surface area contributed by atoms with Gasteiger partial charge in [0.15, 0.2) is 0 Å². The molecule has 104 valence electrons. The number of likely N-dealkylation sites (tertiary alicyclic amines) is 1. The van der Waals surface area contributed by atoms with Crippen molar-refractivity contribution in [3.05, 3.63) is 29.3 Å². The van der Waals surface area contributed by atoms with E-state index < -0.39 is 0 Å². The van der Waals surface area contributed by atoms with Crippen LogP contribution in [-0.2, 0) is 4.79 Å². The van der Waals surface area contributed by atoms with Crippen LogP contribution in [-0.4, -0.2) is 41.7 Å². The molecular formula is C15H22N2O2. The van der Waals surface area contributed by atoms with Crippen LogP contribution >= 0.6 is 0 Å². The van der Waals surface area contributed by atoms with Crippen molar-refractivity contribution in [3.63, 3.8) is 0 Å². The topological polar surface area (TPSA) is 52.6 Å². The van der Waals surface area contributed by atoms with E-state index in [4.69, 9.17) is 0 Å². The lowest BCUT2D eigenvalue weighted by Crippen LogP contribution is -2.38. The molecule has 4 nitrogen and oxygen atoms in total. The summed E-state index contributed by atoms with van der Waals surface area (Å²) in [7, 11) is 0. The number of aliphatic hydroxyl groups excluding tert-OH is 1. The number of rotatable bonds is 4. The van der Waals surface area contributed by atoms with E-state index in [1.165, 1.54) is 0 Å². The summed E-state index contributed by atoms with van der Waals surface area (Å²) in [6.07, 6.45) is 2.04. The molecule has 0 aliphatic carbocycles. The Balaban J connectivity index is 1.98. The Hall–Kier alpha value is -1.39. The summed E-state index contributed by atoms with van der Waals surface area (Å²) in [5, 5.41) is 12.2. The number of para-hydroxylation sites is 1. The van der Waals surface area contributed by atoms with Gasteiger partial charge in [-0.15, -0.1) is 0 Å². The van der Waals surface area contributed by atoms with Gasteiger partial charge in [-0.1, -0.05) is 18.2 Å². The number of aryl methyl sites for hydroxylation is 2. The summed E-state index contributed by atoms with van der Waals surface area (Å²) in [6, 6.07) is 6.12. The van der Waals surface area contributed by atoms with Crippen LogP contribution in [0.5, 0.6) is 0 Å². The Labute approximate surface area is 114 Å². The molecule has 1 saturated heterocycles. The van der Waals surface area contributed by atoms with Crippen LogP contribution in [0.2, 0.25) is 0 Å².